The van der Waals surface area contributed by atoms with Gasteiger partial charge in [0.25, 0.3) is 0 Å². The topological polar surface area (TPSA) is 87.4 Å². The summed E-state index contributed by atoms with van der Waals surface area (Å²) in [7, 11) is 1.00. The Kier molecular flexibility index (Phi) is 5.35. The Hall–Kier alpha value is -2.51. The molecule has 0 aliphatic carbocycles. The lowest BCUT2D eigenvalue weighted by molar-refractivity contribution is 0.399. The number of hydrogen-bond acceptors (Lipinski definition) is 6. The summed E-state index contributed by atoms with van der Waals surface area (Å²) >= 11 is 0. The average molecular weight is 326 g/mol. The van der Waals surface area contributed by atoms with E-state index in [0.29, 0.717) is 6.04 Å². The highest BCUT2D eigenvalue weighted by Gasteiger charge is 2.14. The van der Waals surface area contributed by atoms with Crippen LogP contribution in [-0.4, -0.2) is 50.7 Å². The van der Waals surface area contributed by atoms with Crippen molar-refractivity contribution in [3.8, 4) is 11.4 Å². The van der Waals surface area contributed by atoms with Crippen LogP contribution in [0.4, 0.5) is 5.82 Å². The van der Waals surface area contributed by atoms with Gasteiger partial charge in [0.1, 0.15) is 17.2 Å². The lowest BCUT2D eigenvalue weighted by Gasteiger charge is -2.24. The quantitative estimate of drug-likeness (QED) is 0.677. The molecule has 0 spiro atoms. The van der Waals surface area contributed by atoms with E-state index in [0.717, 1.165) is 49.5 Å². The van der Waals surface area contributed by atoms with E-state index in [4.69, 9.17) is 10.1 Å². The van der Waals surface area contributed by atoms with Gasteiger partial charge in [0.2, 0.25) is 0 Å². The summed E-state index contributed by atoms with van der Waals surface area (Å²) in [4.78, 5) is 13.4. The minimum absolute atomic E-state index is 0.417. The molecule has 1 aliphatic rings. The second kappa shape index (κ2) is 7.85. The van der Waals surface area contributed by atoms with Crippen LogP contribution in [0.25, 0.3) is 17.0 Å². The Balaban J connectivity index is 0.000000815. The van der Waals surface area contributed by atoms with Gasteiger partial charge in [-0.3, -0.25) is 9.38 Å². The second-order valence-corrected chi connectivity index (χ2v) is 5.55. The Morgan fingerprint density at radius 3 is 3.00 bits per heavy atom. The lowest BCUT2D eigenvalue weighted by atomic mass is 10.1. The molecule has 3 aromatic rings. The van der Waals surface area contributed by atoms with Gasteiger partial charge in [-0.1, -0.05) is 6.07 Å². The van der Waals surface area contributed by atoms with Crippen LogP contribution in [0.2, 0.25) is 0 Å². The zero-order valence-electron chi connectivity index (χ0n) is 13.7. The first-order chi connectivity index (χ1) is 11.9. The van der Waals surface area contributed by atoms with Crippen LogP contribution in [0.3, 0.4) is 0 Å². The highest BCUT2D eigenvalue weighted by molar-refractivity contribution is 5.60. The molecule has 0 amide bonds. The van der Waals surface area contributed by atoms with Crippen molar-refractivity contribution in [3.63, 3.8) is 0 Å². The molecule has 3 N–H and O–H groups in total. The number of anilines is 1. The van der Waals surface area contributed by atoms with Gasteiger partial charge in [0, 0.05) is 25.9 Å². The first-order valence-electron chi connectivity index (χ1n) is 8.07. The fraction of sp³-hybridized carbons (Fsp3) is 0.353. The van der Waals surface area contributed by atoms with Crippen LogP contribution < -0.4 is 10.6 Å². The summed E-state index contributed by atoms with van der Waals surface area (Å²) in [5.74, 6) is 0.817. The lowest BCUT2D eigenvalue weighted by Crippen LogP contribution is -2.38. The van der Waals surface area contributed by atoms with Crippen LogP contribution in [0.5, 0.6) is 0 Å². The Bertz CT molecular complexity index is 781. The summed E-state index contributed by atoms with van der Waals surface area (Å²) in [6.45, 7) is 2.08. The van der Waals surface area contributed by atoms with Crippen LogP contribution >= 0.6 is 0 Å². The van der Waals surface area contributed by atoms with Gasteiger partial charge in [-0.15, -0.1) is 0 Å². The standard InChI is InChI=1S/C16H18N6.CH4O/c1-2-7-22-14(10-19-16(22)5-1)13-9-18-11-15(21-13)20-12-4-3-6-17-8-12;1-2/h1-2,5,7,9-12,17H,3-4,6,8H2,(H,20,21);2H,1H3. The monoisotopic (exact) mass is 326 g/mol. The SMILES string of the molecule is CO.c1ccn2c(-c3cncc(NC4CCCNC4)n3)cnc2c1. The van der Waals surface area contributed by atoms with E-state index in [1.165, 1.54) is 6.42 Å². The van der Waals surface area contributed by atoms with E-state index >= 15 is 0 Å². The predicted molar refractivity (Wildman–Crippen MR) is 93.9 cm³/mol. The summed E-state index contributed by atoms with van der Waals surface area (Å²) in [5, 5.41) is 13.9. The summed E-state index contributed by atoms with van der Waals surface area (Å²) < 4.78 is 2.02. The number of fused-ring (bicyclic) bond motifs is 1. The Labute approximate surface area is 140 Å². The molecule has 0 saturated carbocycles. The molecule has 1 fully saturated rings. The number of aromatic nitrogens is 4. The number of aliphatic hydroxyl groups excluding tert-OH is 1. The molecule has 0 bridgehead atoms. The Morgan fingerprint density at radius 1 is 1.25 bits per heavy atom. The van der Waals surface area contributed by atoms with E-state index in [-0.39, 0.29) is 0 Å². The van der Waals surface area contributed by atoms with Crippen molar-refractivity contribution in [2.45, 2.75) is 18.9 Å². The van der Waals surface area contributed by atoms with Crippen molar-refractivity contribution in [1.29, 1.82) is 0 Å². The third kappa shape index (κ3) is 3.52. The van der Waals surface area contributed by atoms with E-state index < -0.39 is 0 Å². The molecule has 0 radical (unpaired) electrons. The highest BCUT2D eigenvalue weighted by atomic mass is 16.2. The smallest absolute Gasteiger partial charge is 0.145 e. The summed E-state index contributed by atoms with van der Waals surface area (Å²) in [6, 6.07) is 6.36. The van der Waals surface area contributed by atoms with Crippen molar-refractivity contribution < 1.29 is 5.11 Å². The van der Waals surface area contributed by atoms with Gasteiger partial charge >= 0.3 is 0 Å². The number of imidazole rings is 1. The number of nitrogens with zero attached hydrogens (tertiary/aromatic N) is 4. The molecule has 3 aromatic heterocycles. The van der Waals surface area contributed by atoms with Gasteiger partial charge in [-0.05, 0) is 31.5 Å². The first-order valence-corrected chi connectivity index (χ1v) is 8.07. The molecule has 1 saturated heterocycles. The van der Waals surface area contributed by atoms with Crippen LogP contribution in [0.1, 0.15) is 12.8 Å². The summed E-state index contributed by atoms with van der Waals surface area (Å²) in [6.07, 6.45) is 9.74. The predicted octanol–water partition coefficient (Wildman–Crippen LogP) is 1.56. The molecule has 1 unspecified atom stereocenters. The van der Waals surface area contributed by atoms with Crippen molar-refractivity contribution in [2.75, 3.05) is 25.5 Å². The average Bonchev–Trinajstić information content (AvgIpc) is 3.09. The van der Waals surface area contributed by atoms with E-state index in [1.54, 1.807) is 12.4 Å². The Morgan fingerprint density at radius 2 is 2.17 bits per heavy atom. The zero-order chi connectivity index (χ0) is 16.8. The molecule has 4 rings (SSSR count). The maximum Gasteiger partial charge on any atom is 0.145 e. The van der Waals surface area contributed by atoms with Crippen LogP contribution in [-0.2, 0) is 0 Å². The number of hydrogen-bond donors (Lipinski definition) is 3. The van der Waals surface area contributed by atoms with Crippen molar-refractivity contribution in [1.82, 2.24) is 24.7 Å². The molecule has 24 heavy (non-hydrogen) atoms. The minimum atomic E-state index is 0.417. The third-order valence-electron chi connectivity index (χ3n) is 3.96. The molecule has 1 atom stereocenters. The highest BCUT2D eigenvalue weighted by Crippen LogP contribution is 2.20. The second-order valence-electron chi connectivity index (χ2n) is 5.55. The number of aliphatic hydroxyl groups is 1. The number of nitrogens with one attached hydrogen (secondary N) is 2. The van der Waals surface area contributed by atoms with E-state index in [2.05, 4.69) is 20.6 Å². The number of rotatable bonds is 3. The largest absolute Gasteiger partial charge is 0.400 e. The normalized spacial score (nSPS) is 17.2. The fourth-order valence-electron chi connectivity index (χ4n) is 2.87. The maximum absolute atomic E-state index is 7.00. The zero-order valence-corrected chi connectivity index (χ0v) is 13.7. The number of piperidine rings is 1. The molecule has 0 aromatic carbocycles. The van der Waals surface area contributed by atoms with Gasteiger partial charge in [-0.25, -0.2) is 9.97 Å². The van der Waals surface area contributed by atoms with Gasteiger partial charge < -0.3 is 15.7 Å². The number of pyridine rings is 1. The van der Waals surface area contributed by atoms with E-state index in [9.17, 15) is 0 Å². The van der Waals surface area contributed by atoms with Crippen molar-refractivity contribution >= 4 is 11.5 Å². The molecule has 1 aliphatic heterocycles. The van der Waals surface area contributed by atoms with Crippen molar-refractivity contribution in [2.24, 2.45) is 0 Å². The van der Waals surface area contributed by atoms with Gasteiger partial charge in [0.05, 0.1) is 24.3 Å². The molecule has 7 heteroatoms. The third-order valence-corrected chi connectivity index (χ3v) is 3.96. The maximum atomic E-state index is 7.00. The molecular weight excluding hydrogens is 304 g/mol. The molecule has 7 nitrogen and oxygen atoms in total. The molecule has 126 valence electrons. The van der Waals surface area contributed by atoms with Crippen LogP contribution in [0.15, 0.2) is 43.0 Å². The summed E-state index contributed by atoms with van der Waals surface area (Å²) in [5.41, 5.74) is 2.69. The van der Waals surface area contributed by atoms with Gasteiger partial charge in [-0.2, -0.15) is 0 Å². The van der Waals surface area contributed by atoms with Gasteiger partial charge in [0.15, 0.2) is 0 Å². The van der Waals surface area contributed by atoms with Crippen molar-refractivity contribution in [3.05, 3.63) is 43.0 Å². The van der Waals surface area contributed by atoms with Crippen LogP contribution in [0, 0.1) is 0 Å². The molecular formula is C17H22N6O. The first kappa shape index (κ1) is 16.4. The molecule has 4 heterocycles. The minimum Gasteiger partial charge on any atom is -0.400 e. The van der Waals surface area contributed by atoms with E-state index in [1.807, 2.05) is 35.0 Å². The fourth-order valence-corrected chi connectivity index (χ4v) is 2.87.